The Morgan fingerprint density at radius 1 is 1.09 bits per heavy atom. The lowest BCUT2D eigenvalue weighted by molar-refractivity contribution is 0.374. The van der Waals surface area contributed by atoms with Crippen molar-refractivity contribution in [2.24, 2.45) is 10.7 Å². The maximum absolute atomic E-state index is 11.0. The molecule has 0 saturated carbocycles. The van der Waals surface area contributed by atoms with Crippen LogP contribution in [-0.2, 0) is 11.0 Å². The van der Waals surface area contributed by atoms with Crippen molar-refractivity contribution in [1.82, 2.24) is 0 Å². The summed E-state index contributed by atoms with van der Waals surface area (Å²) in [5.41, 5.74) is 1.34. The standard InChI is InChI=1S/C15H18NO5P/c17-13-6-4-11(5-7-13)2-1-3-12-10-14(18)8-9-15(12)16-22(19,20)21/h4-10,12,17-18H,1-3H2,(H2,19,20,21)/b16-15+. The van der Waals surface area contributed by atoms with Crippen molar-refractivity contribution in [2.45, 2.75) is 19.3 Å². The van der Waals surface area contributed by atoms with E-state index in [1.165, 1.54) is 12.2 Å². The lowest BCUT2D eigenvalue weighted by atomic mass is 9.91. The minimum atomic E-state index is -4.49. The Hall–Kier alpha value is -1.88. The lowest BCUT2D eigenvalue weighted by Crippen LogP contribution is -2.14. The van der Waals surface area contributed by atoms with E-state index in [1.807, 2.05) is 12.1 Å². The SMILES string of the molecule is O=P(O)(O)/N=C1\C=CC(O)=CC1CCCc1ccc(O)cc1. The van der Waals surface area contributed by atoms with E-state index >= 15 is 0 Å². The molecule has 6 nitrogen and oxygen atoms in total. The Morgan fingerprint density at radius 3 is 2.41 bits per heavy atom. The minimum Gasteiger partial charge on any atom is -0.508 e. The second-order valence-corrected chi connectivity index (χ2v) is 6.35. The molecule has 1 aromatic rings. The molecule has 0 amide bonds. The molecule has 0 spiro atoms. The molecular formula is C15H18NO5P. The van der Waals surface area contributed by atoms with Crippen LogP contribution in [0.1, 0.15) is 18.4 Å². The molecule has 1 aromatic carbocycles. The summed E-state index contributed by atoms with van der Waals surface area (Å²) in [4.78, 5) is 17.9. The van der Waals surface area contributed by atoms with Crippen molar-refractivity contribution in [1.29, 1.82) is 0 Å². The van der Waals surface area contributed by atoms with Gasteiger partial charge in [0.05, 0.1) is 5.71 Å². The second-order valence-electron chi connectivity index (χ2n) is 5.13. The minimum absolute atomic E-state index is 0.0688. The highest BCUT2D eigenvalue weighted by Gasteiger charge is 2.20. The molecule has 1 atom stereocenters. The molecule has 0 bridgehead atoms. The first-order valence-electron chi connectivity index (χ1n) is 6.86. The van der Waals surface area contributed by atoms with Gasteiger partial charge in [0.2, 0.25) is 0 Å². The van der Waals surface area contributed by atoms with Gasteiger partial charge in [-0.15, -0.1) is 0 Å². The predicted octanol–water partition coefficient (Wildman–Crippen LogP) is 2.88. The Labute approximate surface area is 128 Å². The van der Waals surface area contributed by atoms with Crippen molar-refractivity contribution in [3.63, 3.8) is 0 Å². The van der Waals surface area contributed by atoms with Crippen molar-refractivity contribution < 1.29 is 24.6 Å². The predicted molar refractivity (Wildman–Crippen MR) is 83.9 cm³/mol. The van der Waals surface area contributed by atoms with E-state index in [4.69, 9.17) is 9.79 Å². The van der Waals surface area contributed by atoms with E-state index < -0.39 is 7.75 Å². The second kappa shape index (κ2) is 6.92. The molecule has 1 aliphatic carbocycles. The van der Waals surface area contributed by atoms with Crippen LogP contribution in [0.3, 0.4) is 0 Å². The molecule has 0 aliphatic heterocycles. The zero-order chi connectivity index (χ0) is 16.2. The number of aromatic hydroxyl groups is 1. The molecule has 7 heteroatoms. The van der Waals surface area contributed by atoms with E-state index in [1.54, 1.807) is 18.2 Å². The summed E-state index contributed by atoms with van der Waals surface area (Å²) < 4.78 is 14.4. The molecule has 22 heavy (non-hydrogen) atoms. The topological polar surface area (TPSA) is 110 Å². The average molecular weight is 323 g/mol. The number of allylic oxidation sites excluding steroid dienone is 3. The monoisotopic (exact) mass is 323 g/mol. The van der Waals surface area contributed by atoms with E-state index in [0.717, 1.165) is 18.4 Å². The van der Waals surface area contributed by atoms with Gasteiger partial charge in [0.25, 0.3) is 0 Å². The van der Waals surface area contributed by atoms with Gasteiger partial charge in [-0.25, -0.2) is 4.57 Å². The first-order valence-corrected chi connectivity index (χ1v) is 8.42. The fourth-order valence-corrected chi connectivity index (χ4v) is 2.84. The summed E-state index contributed by atoms with van der Waals surface area (Å²) >= 11 is 0. The summed E-state index contributed by atoms with van der Waals surface area (Å²) in [6, 6.07) is 6.89. The highest BCUT2D eigenvalue weighted by atomic mass is 31.2. The van der Waals surface area contributed by atoms with Gasteiger partial charge < -0.3 is 20.0 Å². The summed E-state index contributed by atoms with van der Waals surface area (Å²) in [6.45, 7) is 0. The normalized spacial score (nSPS) is 20.2. The number of hydrogen-bond acceptors (Lipinski definition) is 3. The molecule has 0 fully saturated rings. The number of benzene rings is 1. The Bertz CT molecular complexity index is 657. The Balaban J connectivity index is 1.99. The molecule has 0 radical (unpaired) electrons. The van der Waals surface area contributed by atoms with Gasteiger partial charge in [-0.1, -0.05) is 12.1 Å². The van der Waals surface area contributed by atoms with Crippen LogP contribution in [-0.4, -0.2) is 25.7 Å². The van der Waals surface area contributed by atoms with Crippen molar-refractivity contribution in [2.75, 3.05) is 0 Å². The third kappa shape index (κ3) is 5.15. The first kappa shape index (κ1) is 16.5. The maximum Gasteiger partial charge on any atom is 0.448 e. The zero-order valence-electron chi connectivity index (χ0n) is 11.8. The zero-order valence-corrected chi connectivity index (χ0v) is 12.7. The van der Waals surface area contributed by atoms with Crippen LogP contribution in [0.5, 0.6) is 5.75 Å². The van der Waals surface area contributed by atoms with Crippen LogP contribution in [0.2, 0.25) is 0 Å². The molecule has 0 heterocycles. The molecule has 0 saturated heterocycles. The Morgan fingerprint density at radius 2 is 1.77 bits per heavy atom. The van der Waals surface area contributed by atoms with Crippen LogP contribution >= 0.6 is 7.75 Å². The summed E-state index contributed by atoms with van der Waals surface area (Å²) in [5, 5.41) is 18.8. The molecule has 4 N–H and O–H groups in total. The number of phenols is 1. The van der Waals surface area contributed by atoms with Gasteiger partial charge in [-0.05, 0) is 55.2 Å². The highest BCUT2D eigenvalue weighted by Crippen LogP contribution is 2.38. The van der Waals surface area contributed by atoms with Crippen LogP contribution in [0.15, 0.2) is 53.0 Å². The smallest absolute Gasteiger partial charge is 0.448 e. The van der Waals surface area contributed by atoms with Gasteiger partial charge in [0.15, 0.2) is 0 Å². The van der Waals surface area contributed by atoms with Gasteiger partial charge in [-0.2, -0.15) is 4.76 Å². The number of aliphatic hydroxyl groups excluding tert-OH is 1. The fraction of sp³-hybridized carbons (Fsp3) is 0.267. The van der Waals surface area contributed by atoms with E-state index in [2.05, 4.69) is 4.76 Å². The van der Waals surface area contributed by atoms with Crippen LogP contribution in [0, 0.1) is 5.92 Å². The number of phenolic OH excluding ortho intramolecular Hbond substituents is 1. The molecule has 118 valence electrons. The molecule has 0 aromatic heterocycles. The third-order valence-electron chi connectivity index (χ3n) is 3.34. The molecular weight excluding hydrogens is 305 g/mol. The van der Waals surface area contributed by atoms with Gasteiger partial charge in [0.1, 0.15) is 11.5 Å². The van der Waals surface area contributed by atoms with Crippen LogP contribution in [0.4, 0.5) is 0 Å². The fourth-order valence-electron chi connectivity index (χ4n) is 2.32. The number of aryl methyl sites for hydroxylation is 1. The number of hydrogen-bond donors (Lipinski definition) is 4. The van der Waals surface area contributed by atoms with Crippen LogP contribution < -0.4 is 0 Å². The van der Waals surface area contributed by atoms with Gasteiger partial charge >= 0.3 is 7.75 Å². The quantitative estimate of drug-likeness (QED) is 0.623. The van der Waals surface area contributed by atoms with Crippen molar-refractivity contribution >= 4 is 13.5 Å². The summed E-state index contributed by atoms with van der Waals surface area (Å²) in [6.07, 6.45) is 6.47. The first-order chi connectivity index (χ1) is 10.3. The van der Waals surface area contributed by atoms with E-state index in [9.17, 15) is 14.8 Å². The molecule has 2 rings (SSSR count). The molecule has 1 unspecified atom stereocenters. The third-order valence-corrected chi connectivity index (χ3v) is 3.83. The Kier molecular flexibility index (Phi) is 5.19. The van der Waals surface area contributed by atoms with E-state index in [0.29, 0.717) is 6.42 Å². The van der Waals surface area contributed by atoms with E-state index in [-0.39, 0.29) is 23.1 Å². The lowest BCUT2D eigenvalue weighted by Gasteiger charge is -2.17. The number of aliphatic hydroxyl groups is 1. The largest absolute Gasteiger partial charge is 0.508 e. The summed E-state index contributed by atoms with van der Waals surface area (Å²) in [7, 11) is -4.49. The van der Waals surface area contributed by atoms with Gasteiger partial charge in [-0.3, -0.25) is 0 Å². The van der Waals surface area contributed by atoms with Crippen molar-refractivity contribution in [3.05, 3.63) is 53.8 Å². The average Bonchev–Trinajstić information content (AvgIpc) is 2.42. The molecule has 1 aliphatic rings. The number of rotatable bonds is 5. The highest BCUT2D eigenvalue weighted by molar-refractivity contribution is 7.50. The summed E-state index contributed by atoms with van der Waals surface area (Å²) in [5.74, 6) is -0.0425. The van der Waals surface area contributed by atoms with Crippen molar-refractivity contribution in [3.8, 4) is 5.75 Å². The maximum atomic E-state index is 11.0. The number of nitrogens with zero attached hydrogens (tertiary/aromatic N) is 1. The van der Waals surface area contributed by atoms with Crippen LogP contribution in [0.25, 0.3) is 0 Å². The van der Waals surface area contributed by atoms with Gasteiger partial charge in [0, 0.05) is 5.92 Å².